The van der Waals surface area contributed by atoms with Crippen LogP contribution in [0.4, 0.5) is 5.69 Å². The van der Waals surface area contributed by atoms with E-state index >= 15 is 0 Å². The maximum absolute atomic E-state index is 12.5. The number of anilines is 1. The zero-order valence-corrected chi connectivity index (χ0v) is 14.2. The number of H-pyrrole nitrogens is 1. The van der Waals surface area contributed by atoms with Crippen molar-refractivity contribution in [3.05, 3.63) is 58.6 Å². The second-order valence-electron chi connectivity index (χ2n) is 6.03. The lowest BCUT2D eigenvalue weighted by atomic mass is 10.0. The van der Waals surface area contributed by atoms with E-state index in [9.17, 15) is 9.59 Å². The molecular formula is C19H20N4O2. The van der Waals surface area contributed by atoms with Crippen molar-refractivity contribution in [3.63, 3.8) is 0 Å². The Morgan fingerprint density at radius 3 is 2.68 bits per heavy atom. The van der Waals surface area contributed by atoms with Crippen molar-refractivity contribution in [1.82, 2.24) is 15.3 Å². The highest BCUT2D eigenvalue weighted by Gasteiger charge is 2.15. The molecule has 1 atom stereocenters. The van der Waals surface area contributed by atoms with Crippen LogP contribution in [0.5, 0.6) is 0 Å². The van der Waals surface area contributed by atoms with Gasteiger partial charge in [0.25, 0.3) is 5.56 Å². The summed E-state index contributed by atoms with van der Waals surface area (Å²) < 4.78 is 0. The van der Waals surface area contributed by atoms with E-state index in [1.807, 2.05) is 36.4 Å². The summed E-state index contributed by atoms with van der Waals surface area (Å²) in [4.78, 5) is 31.3. The van der Waals surface area contributed by atoms with E-state index in [2.05, 4.69) is 15.3 Å². The highest BCUT2D eigenvalue weighted by molar-refractivity contribution is 5.84. The molecule has 0 saturated carbocycles. The number of nitrogen functional groups attached to an aromatic ring is 1. The Kier molecular flexibility index (Phi) is 4.63. The third kappa shape index (κ3) is 3.59. The first-order valence-corrected chi connectivity index (χ1v) is 8.04. The molecule has 6 heteroatoms. The van der Waals surface area contributed by atoms with Crippen LogP contribution >= 0.6 is 0 Å². The Balaban J connectivity index is 2.02. The number of hydrogen-bond acceptors (Lipinski definition) is 5. The number of aromatic nitrogens is 2. The number of aromatic amines is 1. The molecule has 0 amide bonds. The summed E-state index contributed by atoms with van der Waals surface area (Å²) >= 11 is 0. The highest BCUT2D eigenvalue weighted by Crippen LogP contribution is 2.23. The molecule has 0 radical (unpaired) electrons. The van der Waals surface area contributed by atoms with Gasteiger partial charge < -0.3 is 16.0 Å². The predicted molar refractivity (Wildman–Crippen MR) is 99.4 cm³/mol. The Bertz CT molecular complexity index is 994. The topological polar surface area (TPSA) is 101 Å². The molecule has 0 saturated heterocycles. The lowest BCUT2D eigenvalue weighted by molar-refractivity contribution is -0.118. The Morgan fingerprint density at radius 1 is 1.24 bits per heavy atom. The third-order valence-corrected chi connectivity index (χ3v) is 4.21. The second kappa shape index (κ2) is 6.86. The van der Waals surface area contributed by atoms with Crippen molar-refractivity contribution in [2.75, 3.05) is 12.8 Å². The first-order valence-electron chi connectivity index (χ1n) is 8.04. The molecule has 0 aliphatic rings. The maximum atomic E-state index is 12.5. The molecular weight excluding hydrogens is 316 g/mol. The summed E-state index contributed by atoms with van der Waals surface area (Å²) in [5.74, 6) is 0.492. The summed E-state index contributed by atoms with van der Waals surface area (Å²) in [6.45, 7) is 1.51. The van der Waals surface area contributed by atoms with Crippen LogP contribution in [-0.4, -0.2) is 28.8 Å². The van der Waals surface area contributed by atoms with E-state index in [0.717, 1.165) is 11.1 Å². The number of ketones is 1. The Morgan fingerprint density at radius 2 is 2.00 bits per heavy atom. The van der Waals surface area contributed by atoms with Gasteiger partial charge >= 0.3 is 0 Å². The second-order valence-corrected chi connectivity index (χ2v) is 6.03. The van der Waals surface area contributed by atoms with Gasteiger partial charge in [0.05, 0.1) is 16.9 Å². The van der Waals surface area contributed by atoms with Gasteiger partial charge in [-0.15, -0.1) is 0 Å². The minimum Gasteiger partial charge on any atom is -0.399 e. The normalized spacial score (nSPS) is 12.2. The third-order valence-electron chi connectivity index (χ3n) is 4.21. The zero-order chi connectivity index (χ0) is 18.0. The Labute approximate surface area is 145 Å². The van der Waals surface area contributed by atoms with Gasteiger partial charge in [-0.1, -0.05) is 18.2 Å². The fourth-order valence-electron chi connectivity index (χ4n) is 2.82. The molecule has 128 valence electrons. The molecule has 0 bridgehead atoms. The standard InChI is InChI=1S/C19H20N4O2/c1-11(24)17(21-2)10-18-22-16-7-6-13(9-15(16)19(25)23-18)12-4-3-5-14(20)8-12/h3-9,17,21H,10,20H2,1-2H3,(H,22,23,25). The van der Waals surface area contributed by atoms with E-state index in [-0.39, 0.29) is 17.4 Å². The number of carbonyl (C=O) groups excluding carboxylic acids is 1. The quantitative estimate of drug-likeness (QED) is 0.618. The maximum Gasteiger partial charge on any atom is 0.258 e. The number of benzene rings is 2. The van der Waals surface area contributed by atoms with Crippen LogP contribution in [0, 0.1) is 0 Å². The Hall–Kier alpha value is -2.99. The summed E-state index contributed by atoms with van der Waals surface area (Å²) in [6.07, 6.45) is 0.341. The van der Waals surface area contributed by atoms with Crippen molar-refractivity contribution in [2.45, 2.75) is 19.4 Å². The van der Waals surface area contributed by atoms with Gasteiger partial charge in [0.1, 0.15) is 11.6 Å². The molecule has 1 unspecified atom stereocenters. The van der Waals surface area contributed by atoms with Crippen LogP contribution in [-0.2, 0) is 11.2 Å². The van der Waals surface area contributed by atoms with E-state index in [4.69, 9.17) is 5.73 Å². The minimum absolute atomic E-state index is 0.00209. The van der Waals surface area contributed by atoms with E-state index in [0.29, 0.717) is 28.8 Å². The molecule has 2 aromatic carbocycles. The average molecular weight is 336 g/mol. The predicted octanol–water partition coefficient (Wildman–Crippen LogP) is 1.89. The largest absolute Gasteiger partial charge is 0.399 e. The molecule has 6 nitrogen and oxygen atoms in total. The number of carbonyl (C=O) groups is 1. The zero-order valence-electron chi connectivity index (χ0n) is 14.2. The monoisotopic (exact) mass is 336 g/mol. The number of Topliss-reactive ketones (excluding diaryl/α,β-unsaturated/α-hetero) is 1. The fraction of sp³-hybridized carbons (Fsp3) is 0.211. The number of likely N-dealkylation sites (N-methyl/N-ethyl adjacent to an activating group) is 1. The molecule has 0 aliphatic carbocycles. The van der Waals surface area contributed by atoms with Crippen LogP contribution < -0.4 is 16.6 Å². The van der Waals surface area contributed by atoms with E-state index < -0.39 is 0 Å². The van der Waals surface area contributed by atoms with E-state index in [1.54, 1.807) is 13.1 Å². The number of fused-ring (bicyclic) bond motifs is 1. The molecule has 0 fully saturated rings. The van der Waals surface area contributed by atoms with Gasteiger partial charge in [-0.2, -0.15) is 0 Å². The van der Waals surface area contributed by atoms with Gasteiger partial charge in [0.15, 0.2) is 0 Å². The molecule has 3 aromatic rings. The lowest BCUT2D eigenvalue weighted by Gasteiger charge is -2.12. The molecule has 0 spiro atoms. The summed E-state index contributed by atoms with van der Waals surface area (Å²) in [5, 5.41) is 3.44. The molecule has 4 N–H and O–H groups in total. The van der Waals surface area contributed by atoms with Crippen molar-refractivity contribution in [3.8, 4) is 11.1 Å². The number of nitrogens with one attached hydrogen (secondary N) is 2. The van der Waals surface area contributed by atoms with Crippen LogP contribution in [0.25, 0.3) is 22.0 Å². The fourth-order valence-corrected chi connectivity index (χ4v) is 2.82. The van der Waals surface area contributed by atoms with Gasteiger partial charge in [0, 0.05) is 12.1 Å². The number of nitrogens with two attached hydrogens (primary N) is 1. The highest BCUT2D eigenvalue weighted by atomic mass is 16.1. The van der Waals surface area contributed by atoms with Crippen LogP contribution in [0.15, 0.2) is 47.3 Å². The summed E-state index contributed by atoms with van der Waals surface area (Å²) in [6, 6.07) is 12.7. The van der Waals surface area contributed by atoms with Crippen LogP contribution in [0.1, 0.15) is 12.7 Å². The summed E-state index contributed by atoms with van der Waals surface area (Å²) in [5.41, 5.74) is 8.72. The van der Waals surface area contributed by atoms with Gasteiger partial charge in [-0.05, 0) is 49.4 Å². The van der Waals surface area contributed by atoms with Gasteiger partial charge in [-0.25, -0.2) is 4.98 Å². The van der Waals surface area contributed by atoms with Crippen LogP contribution in [0.3, 0.4) is 0 Å². The van der Waals surface area contributed by atoms with Gasteiger partial charge in [0.2, 0.25) is 0 Å². The van der Waals surface area contributed by atoms with Crippen molar-refractivity contribution in [1.29, 1.82) is 0 Å². The van der Waals surface area contributed by atoms with Crippen molar-refractivity contribution in [2.24, 2.45) is 0 Å². The average Bonchev–Trinajstić information content (AvgIpc) is 2.59. The first-order chi connectivity index (χ1) is 12.0. The minimum atomic E-state index is -0.368. The smallest absolute Gasteiger partial charge is 0.258 e. The van der Waals surface area contributed by atoms with E-state index in [1.165, 1.54) is 6.92 Å². The number of nitrogens with zero attached hydrogens (tertiary/aromatic N) is 1. The lowest BCUT2D eigenvalue weighted by Crippen LogP contribution is -2.35. The molecule has 1 aromatic heterocycles. The van der Waals surface area contributed by atoms with Crippen LogP contribution in [0.2, 0.25) is 0 Å². The SMILES string of the molecule is CNC(Cc1nc2ccc(-c3cccc(N)c3)cc2c(=O)[nH]1)C(C)=O. The molecule has 3 rings (SSSR count). The number of hydrogen-bond donors (Lipinski definition) is 3. The molecule has 25 heavy (non-hydrogen) atoms. The van der Waals surface area contributed by atoms with Crippen molar-refractivity contribution >= 4 is 22.4 Å². The van der Waals surface area contributed by atoms with Crippen molar-refractivity contribution < 1.29 is 4.79 Å². The summed E-state index contributed by atoms with van der Waals surface area (Å²) in [7, 11) is 1.71. The first kappa shape index (κ1) is 16.9. The number of rotatable bonds is 5. The van der Waals surface area contributed by atoms with Gasteiger partial charge in [-0.3, -0.25) is 9.59 Å². The molecule has 1 heterocycles. The molecule has 0 aliphatic heterocycles.